The van der Waals surface area contributed by atoms with Crippen molar-refractivity contribution in [2.45, 2.75) is 6.92 Å². The quantitative estimate of drug-likeness (QED) is 0.545. The molecule has 0 radical (unpaired) electrons. The fraction of sp³-hybridized carbons (Fsp3) is 0.0526. The molecule has 0 unspecified atom stereocenters. The van der Waals surface area contributed by atoms with E-state index >= 15 is 0 Å². The normalized spacial score (nSPS) is 10.8. The summed E-state index contributed by atoms with van der Waals surface area (Å²) in [7, 11) is 0. The summed E-state index contributed by atoms with van der Waals surface area (Å²) in [5.41, 5.74) is 3.13. The number of carbonyl (C=O) groups excluding carboxylic acids is 1. The first kappa shape index (κ1) is 16.6. The van der Waals surface area contributed by atoms with Gasteiger partial charge in [-0.15, -0.1) is 11.3 Å². The van der Waals surface area contributed by atoms with Crippen molar-refractivity contribution in [2.75, 3.05) is 5.32 Å². The maximum atomic E-state index is 12.8. The lowest BCUT2D eigenvalue weighted by atomic mass is 10.2. The van der Waals surface area contributed by atoms with E-state index in [-0.39, 0.29) is 11.6 Å². The minimum atomic E-state index is -0.335. The number of hydrogen-bond acceptors (Lipinski definition) is 5. The van der Waals surface area contributed by atoms with Gasteiger partial charge in [0.25, 0.3) is 5.91 Å². The predicted octanol–water partition coefficient (Wildman–Crippen LogP) is 4.97. The lowest BCUT2D eigenvalue weighted by molar-refractivity contribution is 0.102. The van der Waals surface area contributed by atoms with Crippen LogP contribution in [0.25, 0.3) is 20.9 Å². The molecular formula is C19H13ClN4OS. The summed E-state index contributed by atoms with van der Waals surface area (Å²) < 4.78 is 1.04. The van der Waals surface area contributed by atoms with Gasteiger partial charge >= 0.3 is 0 Å². The fourth-order valence-corrected chi connectivity index (χ4v) is 3.77. The van der Waals surface area contributed by atoms with Crippen LogP contribution in [0.2, 0.25) is 5.02 Å². The maximum Gasteiger partial charge on any atom is 0.276 e. The number of halogens is 1. The molecule has 26 heavy (non-hydrogen) atoms. The monoisotopic (exact) mass is 380 g/mol. The van der Waals surface area contributed by atoms with Crippen molar-refractivity contribution < 1.29 is 4.79 Å². The molecule has 0 spiro atoms. The van der Waals surface area contributed by atoms with E-state index in [4.69, 9.17) is 11.6 Å². The van der Waals surface area contributed by atoms with Gasteiger partial charge in [-0.05, 0) is 42.8 Å². The first-order valence-electron chi connectivity index (χ1n) is 7.86. The number of hydrogen-bond donors (Lipinski definition) is 1. The van der Waals surface area contributed by atoms with Crippen LogP contribution >= 0.6 is 22.9 Å². The number of rotatable bonds is 3. The van der Waals surface area contributed by atoms with Gasteiger partial charge in [0, 0.05) is 23.1 Å². The smallest absolute Gasteiger partial charge is 0.276 e. The van der Waals surface area contributed by atoms with E-state index in [9.17, 15) is 4.79 Å². The molecule has 5 nitrogen and oxygen atoms in total. The molecule has 4 rings (SSSR count). The highest BCUT2D eigenvalue weighted by Gasteiger charge is 2.19. The van der Waals surface area contributed by atoms with Gasteiger partial charge in [-0.1, -0.05) is 23.7 Å². The molecule has 7 heteroatoms. The molecule has 0 atom stereocenters. The fourth-order valence-electron chi connectivity index (χ4n) is 2.58. The van der Waals surface area contributed by atoms with Gasteiger partial charge in [0.15, 0.2) is 5.69 Å². The third-order valence-electron chi connectivity index (χ3n) is 3.85. The molecule has 0 aliphatic carbocycles. The van der Waals surface area contributed by atoms with Crippen LogP contribution in [-0.4, -0.2) is 20.9 Å². The second-order valence-electron chi connectivity index (χ2n) is 5.65. The average Bonchev–Trinajstić information content (AvgIpc) is 3.08. The van der Waals surface area contributed by atoms with Crippen molar-refractivity contribution in [3.63, 3.8) is 0 Å². The van der Waals surface area contributed by atoms with E-state index in [2.05, 4.69) is 20.3 Å². The molecule has 0 aliphatic rings. The number of anilines is 1. The number of para-hydroxylation sites is 1. The lowest BCUT2D eigenvalue weighted by Crippen LogP contribution is -2.16. The zero-order chi connectivity index (χ0) is 18.1. The van der Waals surface area contributed by atoms with Crippen molar-refractivity contribution >= 4 is 44.7 Å². The molecule has 0 bridgehead atoms. The average molecular weight is 381 g/mol. The Balaban J connectivity index is 1.72. The summed E-state index contributed by atoms with van der Waals surface area (Å²) >= 11 is 7.45. The Morgan fingerprint density at radius 3 is 2.73 bits per heavy atom. The minimum absolute atomic E-state index is 0.237. The van der Waals surface area contributed by atoms with E-state index < -0.39 is 0 Å². The zero-order valence-electron chi connectivity index (χ0n) is 13.7. The lowest BCUT2D eigenvalue weighted by Gasteiger charge is -2.09. The number of fused-ring (bicyclic) bond motifs is 1. The number of amides is 1. The molecule has 1 amide bonds. The van der Waals surface area contributed by atoms with Gasteiger partial charge < -0.3 is 5.32 Å². The van der Waals surface area contributed by atoms with E-state index in [1.807, 2.05) is 31.2 Å². The molecule has 0 saturated carbocycles. The first-order chi connectivity index (χ1) is 12.6. The highest BCUT2D eigenvalue weighted by molar-refractivity contribution is 7.21. The van der Waals surface area contributed by atoms with Crippen molar-refractivity contribution in [3.05, 3.63) is 71.1 Å². The number of thiazole rings is 1. The van der Waals surface area contributed by atoms with Gasteiger partial charge in [0.1, 0.15) is 10.7 Å². The molecule has 128 valence electrons. The van der Waals surface area contributed by atoms with Crippen LogP contribution in [0.3, 0.4) is 0 Å². The van der Waals surface area contributed by atoms with Gasteiger partial charge in [-0.3, -0.25) is 4.79 Å². The van der Waals surface area contributed by atoms with Crippen LogP contribution in [-0.2, 0) is 0 Å². The summed E-state index contributed by atoms with van der Waals surface area (Å²) in [6.07, 6.45) is 3.06. The number of aryl methyl sites for hydroxylation is 1. The summed E-state index contributed by atoms with van der Waals surface area (Å²) in [5.74, 6) is -0.335. The largest absolute Gasteiger partial charge is 0.320 e. The van der Waals surface area contributed by atoms with Crippen molar-refractivity contribution in [2.24, 2.45) is 0 Å². The predicted molar refractivity (Wildman–Crippen MR) is 105 cm³/mol. The Morgan fingerprint density at radius 1 is 1.12 bits per heavy atom. The van der Waals surface area contributed by atoms with Gasteiger partial charge in [-0.25, -0.2) is 15.0 Å². The molecular weight excluding hydrogens is 368 g/mol. The molecule has 4 aromatic rings. The van der Waals surface area contributed by atoms with Gasteiger partial charge in [-0.2, -0.15) is 0 Å². The summed E-state index contributed by atoms with van der Waals surface area (Å²) in [6.45, 7) is 1.88. The van der Waals surface area contributed by atoms with Crippen molar-refractivity contribution in [3.8, 4) is 10.7 Å². The Kier molecular flexibility index (Phi) is 4.36. The maximum absolute atomic E-state index is 12.8. The molecule has 1 N–H and O–H groups in total. The number of carbonyl (C=O) groups is 1. The van der Waals surface area contributed by atoms with Crippen LogP contribution in [0.5, 0.6) is 0 Å². The molecule has 2 heterocycles. The van der Waals surface area contributed by atoms with E-state index in [1.165, 1.54) is 17.5 Å². The van der Waals surface area contributed by atoms with E-state index in [0.29, 0.717) is 21.4 Å². The molecule has 2 aromatic heterocycles. The van der Waals surface area contributed by atoms with Gasteiger partial charge in [0.05, 0.1) is 10.2 Å². The van der Waals surface area contributed by atoms with Crippen LogP contribution < -0.4 is 5.32 Å². The molecule has 0 aliphatic heterocycles. The Labute approximate surface area is 158 Å². The highest BCUT2D eigenvalue weighted by Crippen LogP contribution is 2.30. The van der Waals surface area contributed by atoms with E-state index in [0.717, 1.165) is 15.8 Å². The van der Waals surface area contributed by atoms with Crippen LogP contribution in [0.4, 0.5) is 5.69 Å². The number of benzene rings is 2. The van der Waals surface area contributed by atoms with Crippen molar-refractivity contribution in [1.29, 1.82) is 0 Å². The van der Waals surface area contributed by atoms with Gasteiger partial charge in [0.2, 0.25) is 0 Å². The second-order valence-corrected chi connectivity index (χ2v) is 7.12. The minimum Gasteiger partial charge on any atom is -0.320 e. The molecule has 2 aromatic carbocycles. The Bertz CT molecular complexity index is 1090. The second kappa shape index (κ2) is 6.82. The standard InChI is InChI=1S/C19H13ClN4OS/c1-11-10-12(20)6-7-13(11)23-18(25)16-17(22-9-8-21-16)19-24-14-4-2-3-5-15(14)26-19/h2-10H,1H3,(H,23,25). The molecule has 0 saturated heterocycles. The Hall–Kier alpha value is -2.83. The summed E-state index contributed by atoms with van der Waals surface area (Å²) in [4.78, 5) is 26.0. The van der Waals surface area contributed by atoms with Crippen LogP contribution in [0.1, 0.15) is 16.1 Å². The SMILES string of the molecule is Cc1cc(Cl)ccc1NC(=O)c1nccnc1-c1nc2ccccc2s1. The first-order valence-corrected chi connectivity index (χ1v) is 9.06. The van der Waals surface area contributed by atoms with Crippen molar-refractivity contribution in [1.82, 2.24) is 15.0 Å². The zero-order valence-corrected chi connectivity index (χ0v) is 15.3. The number of aromatic nitrogens is 3. The number of nitrogens with one attached hydrogen (secondary N) is 1. The summed E-state index contributed by atoms with van der Waals surface area (Å²) in [6, 6.07) is 13.1. The van der Waals surface area contributed by atoms with Crippen LogP contribution in [0.15, 0.2) is 54.9 Å². The van der Waals surface area contributed by atoms with E-state index in [1.54, 1.807) is 24.4 Å². The third-order valence-corrected chi connectivity index (χ3v) is 5.12. The molecule has 0 fully saturated rings. The topological polar surface area (TPSA) is 67.8 Å². The van der Waals surface area contributed by atoms with Crippen LogP contribution in [0, 0.1) is 6.92 Å². The number of nitrogens with zero attached hydrogens (tertiary/aromatic N) is 3. The third kappa shape index (κ3) is 3.16. The Morgan fingerprint density at radius 2 is 1.92 bits per heavy atom. The summed E-state index contributed by atoms with van der Waals surface area (Å²) in [5, 5.41) is 4.16. The highest BCUT2D eigenvalue weighted by atomic mass is 35.5.